The topological polar surface area (TPSA) is 34.9 Å². The Morgan fingerprint density at radius 1 is 0.926 bits per heavy atom. The molecule has 0 unspecified atom stereocenters. The normalized spacial score (nSPS) is 11.1. The minimum absolute atomic E-state index is 0.108. The van der Waals surface area contributed by atoms with E-state index in [0.29, 0.717) is 15.7 Å². The van der Waals surface area contributed by atoms with Crippen molar-refractivity contribution >= 4 is 46.0 Å². The highest BCUT2D eigenvalue weighted by Gasteiger charge is 2.12. The fraction of sp³-hybridized carbons (Fsp3) is 0.0476. The zero-order valence-corrected chi connectivity index (χ0v) is 16.6. The van der Waals surface area contributed by atoms with Crippen molar-refractivity contribution in [2.75, 3.05) is 0 Å². The van der Waals surface area contributed by atoms with Gasteiger partial charge in [0.2, 0.25) is 0 Å². The van der Waals surface area contributed by atoms with E-state index in [1.807, 2.05) is 48.5 Å². The maximum absolute atomic E-state index is 12.4. The van der Waals surface area contributed by atoms with E-state index in [9.17, 15) is 4.79 Å². The lowest BCUT2D eigenvalue weighted by atomic mass is 10.0. The summed E-state index contributed by atoms with van der Waals surface area (Å²) in [6, 6.07) is 18.8. The number of pyridine rings is 2. The second kappa shape index (κ2) is 7.39. The van der Waals surface area contributed by atoms with E-state index in [2.05, 4.69) is 11.1 Å². The van der Waals surface area contributed by atoms with Crippen LogP contribution in [0.2, 0.25) is 10.0 Å². The van der Waals surface area contributed by atoms with Crippen LogP contribution in [0.3, 0.4) is 0 Å². The number of nitrogens with zero attached hydrogens (tertiary/aromatic N) is 2. The second-order valence-corrected chi connectivity index (χ2v) is 8.08. The Morgan fingerprint density at radius 3 is 2.44 bits per heavy atom. The molecule has 0 saturated carbocycles. The molecule has 4 aromatic rings. The Balaban J connectivity index is 1.88. The van der Waals surface area contributed by atoms with E-state index in [0.717, 1.165) is 26.3 Å². The Hall–Kier alpha value is -2.27. The molecule has 27 heavy (non-hydrogen) atoms. The Morgan fingerprint density at radius 2 is 1.70 bits per heavy atom. The number of rotatable bonds is 3. The fourth-order valence-corrected chi connectivity index (χ4v) is 4.04. The smallest absolute Gasteiger partial charge is 0.252 e. The quantitative estimate of drug-likeness (QED) is 0.410. The summed E-state index contributed by atoms with van der Waals surface area (Å²) in [4.78, 5) is 19.0. The van der Waals surface area contributed by atoms with Crippen molar-refractivity contribution < 1.29 is 0 Å². The van der Waals surface area contributed by atoms with Crippen molar-refractivity contribution in [3.8, 4) is 11.1 Å². The maximum atomic E-state index is 12.4. The van der Waals surface area contributed by atoms with E-state index >= 15 is 0 Å². The third-order valence-electron chi connectivity index (χ3n) is 4.23. The fourth-order valence-electron chi connectivity index (χ4n) is 2.90. The number of benzene rings is 2. The summed E-state index contributed by atoms with van der Waals surface area (Å²) in [5.41, 5.74) is 2.24. The highest BCUT2D eigenvalue weighted by Crippen LogP contribution is 2.33. The number of hydrogen-bond acceptors (Lipinski definition) is 3. The largest absolute Gasteiger partial charge is 0.296 e. The highest BCUT2D eigenvalue weighted by atomic mass is 35.5. The molecule has 134 valence electrons. The molecule has 0 aliphatic heterocycles. The van der Waals surface area contributed by atoms with Gasteiger partial charge in [-0.25, -0.2) is 4.98 Å². The molecule has 2 heterocycles. The summed E-state index contributed by atoms with van der Waals surface area (Å²) >= 11 is 13.7. The van der Waals surface area contributed by atoms with E-state index < -0.39 is 0 Å². The summed E-state index contributed by atoms with van der Waals surface area (Å²) in [5.74, 6) is 0. The maximum Gasteiger partial charge on any atom is 0.252 e. The number of fused-ring (bicyclic) bond motifs is 1. The van der Waals surface area contributed by atoms with Gasteiger partial charge in [0.05, 0.1) is 0 Å². The predicted molar refractivity (Wildman–Crippen MR) is 113 cm³/mol. The van der Waals surface area contributed by atoms with Crippen LogP contribution in [0.1, 0.15) is 0 Å². The van der Waals surface area contributed by atoms with Gasteiger partial charge in [-0.1, -0.05) is 47.1 Å². The molecule has 2 aromatic carbocycles. The molecule has 0 amide bonds. The number of aryl methyl sites for hydroxylation is 1. The van der Waals surface area contributed by atoms with Crippen molar-refractivity contribution in [2.24, 2.45) is 7.05 Å². The average molecular weight is 413 g/mol. The molecule has 0 N–H and O–H groups in total. The van der Waals surface area contributed by atoms with Gasteiger partial charge < -0.3 is 0 Å². The molecule has 3 nitrogen and oxygen atoms in total. The first-order valence-electron chi connectivity index (χ1n) is 8.20. The van der Waals surface area contributed by atoms with Gasteiger partial charge in [-0.15, -0.1) is 0 Å². The lowest BCUT2D eigenvalue weighted by Crippen LogP contribution is -2.17. The van der Waals surface area contributed by atoms with Gasteiger partial charge in [0.1, 0.15) is 5.65 Å². The molecule has 4 rings (SSSR count). The monoisotopic (exact) mass is 412 g/mol. The zero-order chi connectivity index (χ0) is 19.0. The van der Waals surface area contributed by atoms with E-state index in [1.54, 1.807) is 35.6 Å². The minimum Gasteiger partial charge on any atom is -0.296 e. The number of hydrogen-bond donors (Lipinski definition) is 0. The standard InChI is InChI=1S/C21H14Cl2N2OS/c1-25-20(26)11-18(13-3-2-4-15(23)9-13)19-10-17(12-24-21(19)25)27-16-7-5-14(22)6-8-16/h2-12H,1H3. The molecule has 0 radical (unpaired) electrons. The molecule has 0 saturated heterocycles. The Kier molecular flexibility index (Phi) is 4.96. The highest BCUT2D eigenvalue weighted by molar-refractivity contribution is 7.99. The molecule has 0 atom stereocenters. The molecule has 0 fully saturated rings. The lowest BCUT2D eigenvalue weighted by Gasteiger charge is -2.11. The molecule has 0 bridgehead atoms. The van der Waals surface area contributed by atoms with Crippen LogP contribution in [0.5, 0.6) is 0 Å². The van der Waals surface area contributed by atoms with Crippen LogP contribution in [-0.4, -0.2) is 9.55 Å². The van der Waals surface area contributed by atoms with Gasteiger partial charge in [0.25, 0.3) is 5.56 Å². The summed E-state index contributed by atoms with van der Waals surface area (Å²) in [6.45, 7) is 0. The van der Waals surface area contributed by atoms with E-state index in [-0.39, 0.29) is 5.56 Å². The predicted octanol–water partition coefficient (Wildman–Crippen LogP) is 6.06. The SMILES string of the molecule is Cn1c(=O)cc(-c2cccc(Cl)c2)c2cc(Sc3ccc(Cl)cc3)cnc21. The third kappa shape index (κ3) is 3.74. The van der Waals surface area contributed by atoms with Gasteiger partial charge in [-0.05, 0) is 53.6 Å². The first kappa shape index (κ1) is 18.1. The molecule has 2 aromatic heterocycles. The van der Waals surface area contributed by atoms with Crippen LogP contribution in [0.25, 0.3) is 22.2 Å². The molecule has 0 aliphatic rings. The zero-order valence-electron chi connectivity index (χ0n) is 14.3. The van der Waals surface area contributed by atoms with Gasteiger partial charge in [-0.3, -0.25) is 9.36 Å². The van der Waals surface area contributed by atoms with Gasteiger partial charge in [0.15, 0.2) is 0 Å². The van der Waals surface area contributed by atoms with Crippen molar-refractivity contribution in [3.05, 3.63) is 87.3 Å². The Bertz CT molecular complexity index is 1200. The lowest BCUT2D eigenvalue weighted by molar-refractivity contribution is 0.886. The van der Waals surface area contributed by atoms with Gasteiger partial charge in [-0.2, -0.15) is 0 Å². The molecule has 6 heteroatoms. The van der Waals surface area contributed by atoms with E-state index in [4.69, 9.17) is 23.2 Å². The van der Waals surface area contributed by atoms with Crippen molar-refractivity contribution in [3.63, 3.8) is 0 Å². The molecule has 0 spiro atoms. The van der Waals surface area contributed by atoms with Gasteiger partial charge in [0, 0.05) is 44.5 Å². The molecule has 0 aliphatic carbocycles. The van der Waals surface area contributed by atoms with Crippen LogP contribution in [0, 0.1) is 0 Å². The van der Waals surface area contributed by atoms with E-state index in [1.165, 1.54) is 0 Å². The molecular weight excluding hydrogens is 399 g/mol. The van der Waals surface area contributed by atoms with Crippen LogP contribution >= 0.6 is 35.0 Å². The summed E-state index contributed by atoms with van der Waals surface area (Å²) in [6.07, 6.45) is 1.78. The average Bonchev–Trinajstić information content (AvgIpc) is 2.66. The number of aromatic nitrogens is 2. The van der Waals surface area contributed by atoms with Crippen LogP contribution in [0.15, 0.2) is 81.4 Å². The minimum atomic E-state index is -0.108. The van der Waals surface area contributed by atoms with Crippen LogP contribution < -0.4 is 5.56 Å². The molecular formula is C21H14Cl2N2OS. The second-order valence-electron chi connectivity index (χ2n) is 6.06. The van der Waals surface area contributed by atoms with Crippen LogP contribution in [-0.2, 0) is 7.05 Å². The summed E-state index contributed by atoms with van der Waals surface area (Å²) < 4.78 is 1.56. The first-order valence-corrected chi connectivity index (χ1v) is 9.78. The summed E-state index contributed by atoms with van der Waals surface area (Å²) in [5, 5.41) is 2.23. The Labute approximate surface area is 170 Å². The first-order chi connectivity index (χ1) is 13.0. The van der Waals surface area contributed by atoms with Crippen molar-refractivity contribution in [1.29, 1.82) is 0 Å². The van der Waals surface area contributed by atoms with Crippen molar-refractivity contribution in [1.82, 2.24) is 9.55 Å². The van der Waals surface area contributed by atoms with Crippen molar-refractivity contribution in [2.45, 2.75) is 9.79 Å². The van der Waals surface area contributed by atoms with Crippen LogP contribution in [0.4, 0.5) is 0 Å². The third-order valence-corrected chi connectivity index (χ3v) is 5.69. The summed E-state index contributed by atoms with van der Waals surface area (Å²) in [7, 11) is 1.73. The number of halogens is 2. The van der Waals surface area contributed by atoms with Gasteiger partial charge >= 0.3 is 0 Å².